The Kier molecular flexibility index (Phi) is 3.04. The molecular weight excluding hydrogens is 188 g/mol. The monoisotopic (exact) mass is 206 g/mol. The SMILES string of the molecule is CCc1cc(N)nc(N2CCCCC2)n1. The van der Waals surface area contributed by atoms with Crippen molar-refractivity contribution < 1.29 is 0 Å². The summed E-state index contributed by atoms with van der Waals surface area (Å²) in [5, 5.41) is 0. The van der Waals surface area contributed by atoms with Gasteiger partial charge in [-0.15, -0.1) is 0 Å². The molecule has 4 heteroatoms. The molecule has 2 rings (SSSR count). The van der Waals surface area contributed by atoms with Gasteiger partial charge >= 0.3 is 0 Å². The zero-order valence-corrected chi connectivity index (χ0v) is 9.24. The van der Waals surface area contributed by atoms with E-state index in [9.17, 15) is 0 Å². The van der Waals surface area contributed by atoms with Gasteiger partial charge in [-0.1, -0.05) is 6.92 Å². The second-order valence-electron chi connectivity index (χ2n) is 3.99. The van der Waals surface area contributed by atoms with Gasteiger partial charge < -0.3 is 10.6 Å². The van der Waals surface area contributed by atoms with Crippen molar-refractivity contribution in [2.45, 2.75) is 32.6 Å². The van der Waals surface area contributed by atoms with Gasteiger partial charge in [0.25, 0.3) is 0 Å². The normalized spacial score (nSPS) is 16.7. The molecule has 2 heterocycles. The van der Waals surface area contributed by atoms with Crippen LogP contribution in [0.3, 0.4) is 0 Å². The van der Waals surface area contributed by atoms with E-state index in [0.717, 1.165) is 31.2 Å². The second kappa shape index (κ2) is 4.47. The van der Waals surface area contributed by atoms with Crippen LogP contribution in [-0.4, -0.2) is 23.1 Å². The Morgan fingerprint density at radius 2 is 2.00 bits per heavy atom. The van der Waals surface area contributed by atoms with Crippen molar-refractivity contribution in [2.75, 3.05) is 23.7 Å². The Morgan fingerprint density at radius 1 is 1.27 bits per heavy atom. The zero-order valence-electron chi connectivity index (χ0n) is 9.24. The van der Waals surface area contributed by atoms with E-state index in [1.54, 1.807) is 0 Å². The lowest BCUT2D eigenvalue weighted by molar-refractivity contribution is 0.567. The molecule has 0 aromatic carbocycles. The summed E-state index contributed by atoms with van der Waals surface area (Å²) in [7, 11) is 0. The van der Waals surface area contributed by atoms with E-state index >= 15 is 0 Å². The first-order chi connectivity index (χ1) is 7.29. The van der Waals surface area contributed by atoms with Crippen molar-refractivity contribution in [1.82, 2.24) is 9.97 Å². The first-order valence-electron chi connectivity index (χ1n) is 5.68. The molecule has 1 aromatic rings. The van der Waals surface area contributed by atoms with Crippen LogP contribution in [0.1, 0.15) is 31.9 Å². The van der Waals surface area contributed by atoms with Crippen molar-refractivity contribution >= 4 is 11.8 Å². The van der Waals surface area contributed by atoms with Gasteiger partial charge in [0.2, 0.25) is 5.95 Å². The number of rotatable bonds is 2. The lowest BCUT2D eigenvalue weighted by Gasteiger charge is -2.26. The molecule has 0 bridgehead atoms. The highest BCUT2D eigenvalue weighted by atomic mass is 15.3. The summed E-state index contributed by atoms with van der Waals surface area (Å²) in [6.07, 6.45) is 4.70. The molecule has 0 spiro atoms. The van der Waals surface area contributed by atoms with Crippen LogP contribution in [0.4, 0.5) is 11.8 Å². The highest BCUT2D eigenvalue weighted by molar-refractivity contribution is 5.40. The van der Waals surface area contributed by atoms with Gasteiger partial charge in [-0.05, 0) is 25.7 Å². The molecule has 82 valence electrons. The number of piperidine rings is 1. The summed E-state index contributed by atoms with van der Waals surface area (Å²) in [6, 6.07) is 1.85. The van der Waals surface area contributed by atoms with Crippen LogP contribution in [0.2, 0.25) is 0 Å². The molecule has 15 heavy (non-hydrogen) atoms. The van der Waals surface area contributed by atoms with Gasteiger partial charge in [-0.2, -0.15) is 4.98 Å². The van der Waals surface area contributed by atoms with Crippen LogP contribution in [0, 0.1) is 0 Å². The standard InChI is InChI=1S/C11H18N4/c1-2-9-8-10(12)14-11(13-9)15-6-4-3-5-7-15/h8H,2-7H2,1H3,(H2,12,13,14). The number of nitrogens with zero attached hydrogens (tertiary/aromatic N) is 3. The number of nitrogen functional groups attached to an aromatic ring is 1. The molecule has 1 fully saturated rings. The average Bonchev–Trinajstić information content (AvgIpc) is 2.29. The number of hydrogen-bond acceptors (Lipinski definition) is 4. The van der Waals surface area contributed by atoms with E-state index in [4.69, 9.17) is 5.73 Å². The Labute approximate surface area is 90.5 Å². The molecule has 0 radical (unpaired) electrons. The average molecular weight is 206 g/mol. The zero-order chi connectivity index (χ0) is 10.7. The third-order valence-corrected chi connectivity index (χ3v) is 2.79. The van der Waals surface area contributed by atoms with Gasteiger partial charge in [0, 0.05) is 24.8 Å². The van der Waals surface area contributed by atoms with E-state index in [1.807, 2.05) is 6.07 Å². The molecule has 0 saturated carbocycles. The fourth-order valence-corrected chi connectivity index (χ4v) is 1.92. The molecular formula is C11H18N4. The minimum atomic E-state index is 0.586. The summed E-state index contributed by atoms with van der Waals surface area (Å²) in [5.74, 6) is 1.40. The maximum Gasteiger partial charge on any atom is 0.227 e. The summed E-state index contributed by atoms with van der Waals surface area (Å²) < 4.78 is 0. The largest absolute Gasteiger partial charge is 0.384 e. The molecule has 1 aliphatic rings. The van der Waals surface area contributed by atoms with Crippen LogP contribution in [-0.2, 0) is 6.42 Å². The van der Waals surface area contributed by atoms with Crippen LogP contribution in [0.25, 0.3) is 0 Å². The first-order valence-corrected chi connectivity index (χ1v) is 5.68. The minimum absolute atomic E-state index is 0.586. The van der Waals surface area contributed by atoms with Crippen molar-refractivity contribution in [3.63, 3.8) is 0 Å². The first kappa shape index (κ1) is 10.2. The maximum absolute atomic E-state index is 5.76. The van der Waals surface area contributed by atoms with Crippen molar-refractivity contribution in [2.24, 2.45) is 0 Å². The Hall–Kier alpha value is -1.32. The number of aromatic nitrogens is 2. The van der Waals surface area contributed by atoms with E-state index in [2.05, 4.69) is 21.8 Å². The van der Waals surface area contributed by atoms with Crippen molar-refractivity contribution in [3.8, 4) is 0 Å². The fraction of sp³-hybridized carbons (Fsp3) is 0.636. The summed E-state index contributed by atoms with van der Waals surface area (Å²) >= 11 is 0. The number of hydrogen-bond donors (Lipinski definition) is 1. The quantitative estimate of drug-likeness (QED) is 0.798. The van der Waals surface area contributed by atoms with Crippen molar-refractivity contribution in [3.05, 3.63) is 11.8 Å². The predicted molar refractivity (Wildman–Crippen MR) is 61.9 cm³/mol. The number of anilines is 2. The lowest BCUT2D eigenvalue weighted by atomic mass is 10.1. The van der Waals surface area contributed by atoms with Crippen LogP contribution in [0.15, 0.2) is 6.07 Å². The molecule has 0 amide bonds. The van der Waals surface area contributed by atoms with Crippen molar-refractivity contribution in [1.29, 1.82) is 0 Å². The second-order valence-corrected chi connectivity index (χ2v) is 3.99. The highest BCUT2D eigenvalue weighted by Crippen LogP contribution is 2.17. The predicted octanol–water partition coefficient (Wildman–Crippen LogP) is 1.61. The highest BCUT2D eigenvalue weighted by Gasteiger charge is 2.14. The van der Waals surface area contributed by atoms with E-state index < -0.39 is 0 Å². The molecule has 1 saturated heterocycles. The molecule has 4 nitrogen and oxygen atoms in total. The molecule has 2 N–H and O–H groups in total. The lowest BCUT2D eigenvalue weighted by Crippen LogP contribution is -2.31. The number of aryl methyl sites for hydroxylation is 1. The number of nitrogens with two attached hydrogens (primary N) is 1. The minimum Gasteiger partial charge on any atom is -0.384 e. The van der Waals surface area contributed by atoms with E-state index in [1.165, 1.54) is 19.3 Å². The summed E-state index contributed by atoms with van der Waals surface area (Å²) in [4.78, 5) is 11.0. The fourth-order valence-electron chi connectivity index (χ4n) is 1.92. The van der Waals surface area contributed by atoms with Crippen LogP contribution < -0.4 is 10.6 Å². The summed E-state index contributed by atoms with van der Waals surface area (Å²) in [6.45, 7) is 4.21. The van der Waals surface area contributed by atoms with E-state index in [0.29, 0.717) is 5.82 Å². The van der Waals surface area contributed by atoms with Crippen LogP contribution in [0.5, 0.6) is 0 Å². The topological polar surface area (TPSA) is 55.0 Å². The Balaban J connectivity index is 2.22. The van der Waals surface area contributed by atoms with Gasteiger partial charge in [0.15, 0.2) is 0 Å². The molecule has 0 atom stereocenters. The summed E-state index contributed by atoms with van der Waals surface area (Å²) in [5.41, 5.74) is 6.79. The Bertz CT molecular complexity index is 331. The third-order valence-electron chi connectivity index (χ3n) is 2.79. The maximum atomic E-state index is 5.76. The van der Waals surface area contributed by atoms with Crippen LogP contribution >= 0.6 is 0 Å². The molecule has 0 aliphatic carbocycles. The van der Waals surface area contributed by atoms with Gasteiger partial charge in [0.1, 0.15) is 5.82 Å². The van der Waals surface area contributed by atoms with E-state index in [-0.39, 0.29) is 0 Å². The van der Waals surface area contributed by atoms with Gasteiger partial charge in [-0.3, -0.25) is 0 Å². The molecule has 1 aliphatic heterocycles. The molecule has 0 unspecified atom stereocenters. The van der Waals surface area contributed by atoms with Gasteiger partial charge in [-0.25, -0.2) is 4.98 Å². The van der Waals surface area contributed by atoms with Gasteiger partial charge in [0.05, 0.1) is 0 Å². The third kappa shape index (κ3) is 2.37. The smallest absolute Gasteiger partial charge is 0.227 e. The Morgan fingerprint density at radius 3 is 2.67 bits per heavy atom. The molecule has 1 aromatic heterocycles.